The third-order valence-electron chi connectivity index (χ3n) is 3.53. The molecular weight excluding hydrogens is 277 g/mol. The topological polar surface area (TPSA) is 33.0 Å². The van der Waals surface area contributed by atoms with Gasteiger partial charge >= 0.3 is 0 Å². The zero-order valence-corrected chi connectivity index (χ0v) is 12.8. The minimum Gasteiger partial charge on any atom is -0.494 e. The van der Waals surface area contributed by atoms with Crippen LogP contribution in [0.5, 0.6) is 5.75 Å². The molecule has 114 valence electrons. The molecule has 0 radical (unpaired) electrons. The van der Waals surface area contributed by atoms with E-state index in [1.54, 1.807) is 12.1 Å². The van der Waals surface area contributed by atoms with Gasteiger partial charge in [-0.2, -0.15) is 5.26 Å². The predicted molar refractivity (Wildman–Crippen MR) is 86.2 cm³/mol. The number of nitrogens with zero attached hydrogens (tertiary/aromatic N) is 1. The molecule has 0 heterocycles. The van der Waals surface area contributed by atoms with Gasteiger partial charge in [0.15, 0.2) is 0 Å². The van der Waals surface area contributed by atoms with E-state index in [0.717, 1.165) is 17.7 Å². The Morgan fingerprint density at radius 3 is 2.45 bits per heavy atom. The third kappa shape index (κ3) is 4.33. The molecule has 2 aromatic rings. The van der Waals surface area contributed by atoms with Crippen molar-refractivity contribution in [2.75, 3.05) is 6.61 Å². The van der Waals surface area contributed by atoms with Crippen LogP contribution in [0.3, 0.4) is 0 Å². The van der Waals surface area contributed by atoms with E-state index in [4.69, 9.17) is 10.00 Å². The Morgan fingerprint density at radius 2 is 1.82 bits per heavy atom. The highest BCUT2D eigenvalue weighted by Gasteiger charge is 2.06. The monoisotopic (exact) mass is 297 g/mol. The maximum absolute atomic E-state index is 14.0. The second-order valence-corrected chi connectivity index (χ2v) is 5.24. The molecule has 3 heteroatoms. The van der Waals surface area contributed by atoms with E-state index in [0.29, 0.717) is 17.7 Å². The quantitative estimate of drug-likeness (QED) is 0.648. The van der Waals surface area contributed by atoms with E-state index in [2.05, 4.69) is 6.92 Å². The zero-order valence-electron chi connectivity index (χ0n) is 12.8. The lowest BCUT2D eigenvalue weighted by Crippen LogP contribution is -1.97. The lowest BCUT2D eigenvalue weighted by Gasteiger charge is -2.08. The van der Waals surface area contributed by atoms with Gasteiger partial charge in [0.1, 0.15) is 11.6 Å². The van der Waals surface area contributed by atoms with E-state index in [1.165, 1.54) is 25.3 Å². The van der Waals surface area contributed by atoms with Gasteiger partial charge in [-0.05, 0) is 36.2 Å². The first-order valence-electron chi connectivity index (χ1n) is 7.67. The second kappa shape index (κ2) is 8.19. The standard InChI is InChI=1S/C19H20FNO/c1-2-3-4-5-12-22-17-9-7-16(8-10-17)18-11-6-15(14-21)13-19(18)20/h6-11,13H,2-5,12H2,1H3. The minimum absolute atomic E-state index is 0.327. The van der Waals surface area contributed by atoms with Gasteiger partial charge in [0, 0.05) is 5.56 Å². The van der Waals surface area contributed by atoms with Gasteiger partial charge in [-0.25, -0.2) is 4.39 Å². The van der Waals surface area contributed by atoms with Crippen LogP contribution in [0.4, 0.5) is 4.39 Å². The molecule has 0 N–H and O–H groups in total. The Bertz CT molecular complexity index is 643. The molecule has 0 bridgehead atoms. The Kier molecular flexibility index (Phi) is 5.97. The smallest absolute Gasteiger partial charge is 0.132 e. The highest BCUT2D eigenvalue weighted by atomic mass is 19.1. The molecule has 0 aliphatic carbocycles. The Morgan fingerprint density at radius 1 is 1.05 bits per heavy atom. The number of nitriles is 1. The Balaban J connectivity index is 1.98. The zero-order chi connectivity index (χ0) is 15.8. The molecule has 2 aromatic carbocycles. The van der Waals surface area contributed by atoms with Gasteiger partial charge in [-0.3, -0.25) is 0 Å². The van der Waals surface area contributed by atoms with Crippen molar-refractivity contribution in [3.05, 3.63) is 53.8 Å². The molecule has 0 amide bonds. The van der Waals surface area contributed by atoms with Gasteiger partial charge in [0.2, 0.25) is 0 Å². The fraction of sp³-hybridized carbons (Fsp3) is 0.316. The molecular formula is C19H20FNO. The number of rotatable bonds is 7. The fourth-order valence-corrected chi connectivity index (χ4v) is 2.27. The van der Waals surface area contributed by atoms with Gasteiger partial charge in [-0.1, -0.05) is 44.4 Å². The molecule has 2 rings (SSSR count). The predicted octanol–water partition coefficient (Wildman–Crippen LogP) is 5.32. The average molecular weight is 297 g/mol. The molecule has 22 heavy (non-hydrogen) atoms. The Hall–Kier alpha value is -2.34. The lowest BCUT2D eigenvalue weighted by atomic mass is 10.0. The van der Waals surface area contributed by atoms with Crippen LogP contribution in [-0.2, 0) is 0 Å². The van der Waals surface area contributed by atoms with E-state index in [9.17, 15) is 4.39 Å². The molecule has 0 aromatic heterocycles. The summed E-state index contributed by atoms with van der Waals surface area (Å²) in [5.74, 6) is 0.418. The highest BCUT2D eigenvalue weighted by molar-refractivity contribution is 5.65. The lowest BCUT2D eigenvalue weighted by molar-refractivity contribution is 0.305. The highest BCUT2D eigenvalue weighted by Crippen LogP contribution is 2.25. The summed E-state index contributed by atoms with van der Waals surface area (Å²) in [6.45, 7) is 2.90. The SMILES string of the molecule is CCCCCCOc1ccc(-c2ccc(C#N)cc2F)cc1. The summed E-state index contributed by atoms with van der Waals surface area (Å²) < 4.78 is 19.6. The number of halogens is 1. The minimum atomic E-state index is -0.382. The van der Waals surface area contributed by atoms with Crippen LogP contribution in [0.25, 0.3) is 11.1 Å². The molecule has 0 spiro atoms. The molecule has 0 fully saturated rings. The number of benzene rings is 2. The first-order chi connectivity index (χ1) is 10.7. The van der Waals surface area contributed by atoms with Crippen molar-refractivity contribution in [3.63, 3.8) is 0 Å². The van der Waals surface area contributed by atoms with Crippen molar-refractivity contribution < 1.29 is 9.13 Å². The van der Waals surface area contributed by atoms with E-state index in [-0.39, 0.29) is 5.82 Å². The Labute approximate surface area is 131 Å². The summed E-state index contributed by atoms with van der Waals surface area (Å²) in [7, 11) is 0. The fourth-order valence-electron chi connectivity index (χ4n) is 2.27. The van der Waals surface area contributed by atoms with Gasteiger partial charge in [0.05, 0.1) is 18.2 Å². The molecule has 0 saturated carbocycles. The van der Waals surface area contributed by atoms with Crippen molar-refractivity contribution >= 4 is 0 Å². The van der Waals surface area contributed by atoms with E-state index in [1.807, 2.05) is 30.3 Å². The summed E-state index contributed by atoms with van der Waals surface area (Å²) in [5, 5.41) is 8.76. The number of unbranched alkanes of at least 4 members (excludes halogenated alkanes) is 3. The molecule has 0 atom stereocenters. The number of hydrogen-bond acceptors (Lipinski definition) is 2. The van der Waals surface area contributed by atoms with Gasteiger partial charge < -0.3 is 4.74 Å². The largest absolute Gasteiger partial charge is 0.494 e. The molecule has 0 aliphatic heterocycles. The van der Waals surface area contributed by atoms with Gasteiger partial charge in [-0.15, -0.1) is 0 Å². The maximum atomic E-state index is 14.0. The third-order valence-corrected chi connectivity index (χ3v) is 3.53. The summed E-state index contributed by atoms with van der Waals surface area (Å²) in [6, 6.07) is 13.8. The normalized spacial score (nSPS) is 10.2. The van der Waals surface area contributed by atoms with Crippen molar-refractivity contribution in [3.8, 4) is 22.9 Å². The van der Waals surface area contributed by atoms with E-state index >= 15 is 0 Å². The van der Waals surface area contributed by atoms with Gasteiger partial charge in [0.25, 0.3) is 0 Å². The van der Waals surface area contributed by atoms with Crippen LogP contribution in [0.2, 0.25) is 0 Å². The number of ether oxygens (including phenoxy) is 1. The van der Waals surface area contributed by atoms with Crippen molar-refractivity contribution in [1.82, 2.24) is 0 Å². The summed E-state index contributed by atoms with van der Waals surface area (Å²) in [4.78, 5) is 0. The summed E-state index contributed by atoms with van der Waals surface area (Å²) in [5.41, 5.74) is 1.60. The first-order valence-corrected chi connectivity index (χ1v) is 7.67. The van der Waals surface area contributed by atoms with Crippen molar-refractivity contribution in [2.24, 2.45) is 0 Å². The molecule has 0 aliphatic rings. The van der Waals surface area contributed by atoms with Crippen molar-refractivity contribution in [1.29, 1.82) is 5.26 Å². The maximum Gasteiger partial charge on any atom is 0.132 e. The van der Waals surface area contributed by atoms with Crippen LogP contribution >= 0.6 is 0 Å². The summed E-state index contributed by atoms with van der Waals surface area (Å²) in [6.07, 6.45) is 4.69. The molecule has 2 nitrogen and oxygen atoms in total. The second-order valence-electron chi connectivity index (χ2n) is 5.24. The molecule has 0 saturated heterocycles. The number of hydrogen-bond donors (Lipinski definition) is 0. The first kappa shape index (κ1) is 16.0. The molecule has 0 unspecified atom stereocenters. The summed E-state index contributed by atoms with van der Waals surface area (Å²) >= 11 is 0. The van der Waals surface area contributed by atoms with Crippen LogP contribution in [-0.4, -0.2) is 6.61 Å². The average Bonchev–Trinajstić information content (AvgIpc) is 2.55. The van der Waals surface area contributed by atoms with Crippen LogP contribution in [0.15, 0.2) is 42.5 Å². The van der Waals surface area contributed by atoms with Crippen LogP contribution < -0.4 is 4.74 Å². The van der Waals surface area contributed by atoms with Crippen LogP contribution in [0, 0.1) is 17.1 Å². The van der Waals surface area contributed by atoms with Crippen molar-refractivity contribution in [2.45, 2.75) is 32.6 Å². The van der Waals surface area contributed by atoms with E-state index < -0.39 is 0 Å². The van der Waals surface area contributed by atoms with Crippen LogP contribution in [0.1, 0.15) is 38.2 Å².